The highest BCUT2D eigenvalue weighted by atomic mass is 16.7. The average molecular weight is 1240 g/mol. The number of esters is 6. The largest absolute Gasteiger partial charge is 0.508 e. The van der Waals surface area contributed by atoms with Crippen LogP contribution >= 0.6 is 0 Å². The first-order valence-electron chi connectivity index (χ1n) is 30.4. The van der Waals surface area contributed by atoms with E-state index in [4.69, 9.17) is 33.2 Å². The first-order chi connectivity index (χ1) is 37.7. The summed E-state index contributed by atoms with van der Waals surface area (Å²) in [7, 11) is 0. The van der Waals surface area contributed by atoms with Gasteiger partial charge in [0.15, 0.2) is 6.29 Å². The Labute approximate surface area is 536 Å². The van der Waals surface area contributed by atoms with Gasteiger partial charge in [0.1, 0.15) is 22.7 Å². The van der Waals surface area contributed by atoms with Gasteiger partial charge < -0.3 is 38.3 Å². The standard InChI is InChI=1S/C26H40O6.C22H30O3.C18H26O5.8CH4/c1-6-25(5,15-24(3,4)22(28)31-20-8-9-30-21(20)27)23(29)32-26(7-2)18-11-16-10-17(13-18)14-19(26)12-16;1-5-18(15-16(3)19-7-11-21(23)12-8-19)20-9-13-22(14-10-20)25-17(4)24-6-2;1-8-10-6-11(12(7-10)16(20)23-18(3,4)5)13(8)14-9(2)15(19)22-17(14)21;;;;;;;;/h16-20H,6-15H2,1-5H3;7-14,16-18,23H,5-6,15H2,1-4H3;8-14H,6-7H2,1-5H3;8*1H4. The molecule has 6 saturated carbocycles. The number of benzene rings is 2. The Morgan fingerprint density at radius 3 is 1.72 bits per heavy atom. The highest BCUT2D eigenvalue weighted by Crippen LogP contribution is 2.62. The maximum absolute atomic E-state index is 13.7. The van der Waals surface area contributed by atoms with Crippen molar-refractivity contribution in [2.24, 2.45) is 75.9 Å². The van der Waals surface area contributed by atoms with Crippen LogP contribution in [0, 0.1) is 75.9 Å². The lowest BCUT2D eigenvalue weighted by atomic mass is 9.49. The van der Waals surface area contributed by atoms with Crippen LogP contribution < -0.4 is 4.74 Å². The Hall–Kier alpha value is -4.98. The smallest absolute Gasteiger partial charge is 0.347 e. The molecule has 6 bridgehead atoms. The Morgan fingerprint density at radius 2 is 1.26 bits per heavy atom. The van der Waals surface area contributed by atoms with E-state index < -0.39 is 58.2 Å². The van der Waals surface area contributed by atoms with Crippen molar-refractivity contribution < 1.29 is 67.0 Å². The number of carbonyl (C=O) groups excluding carboxylic acids is 6. The van der Waals surface area contributed by atoms with E-state index in [-0.39, 0.29) is 108 Å². The number of cyclic esters (lactones) is 3. The summed E-state index contributed by atoms with van der Waals surface area (Å²) < 4.78 is 38.5. The lowest BCUT2D eigenvalue weighted by Gasteiger charge is -2.60. The number of ether oxygens (including phenoxy) is 7. The molecule has 12 unspecified atom stereocenters. The topological polar surface area (TPSA) is 187 Å². The quantitative estimate of drug-likeness (QED) is 0.0605. The number of hydrogen-bond acceptors (Lipinski definition) is 14. The molecule has 508 valence electrons. The summed E-state index contributed by atoms with van der Waals surface area (Å²) in [5.41, 5.74) is 0.0340. The summed E-state index contributed by atoms with van der Waals surface area (Å²) in [5.74, 6) is 2.50. The van der Waals surface area contributed by atoms with Gasteiger partial charge in [-0.3, -0.25) is 24.0 Å². The summed E-state index contributed by atoms with van der Waals surface area (Å²) in [6.45, 7) is 28.4. The summed E-state index contributed by atoms with van der Waals surface area (Å²) in [6.07, 6.45) is 11.1. The predicted molar refractivity (Wildman–Crippen MR) is 357 cm³/mol. The van der Waals surface area contributed by atoms with Crippen LogP contribution in [-0.4, -0.2) is 77.7 Å². The second-order valence-electron chi connectivity index (χ2n) is 26.9. The van der Waals surface area contributed by atoms with Crippen LogP contribution in [0.1, 0.15) is 263 Å². The van der Waals surface area contributed by atoms with Crippen molar-refractivity contribution >= 4 is 35.8 Å². The molecule has 8 fully saturated rings. The van der Waals surface area contributed by atoms with Gasteiger partial charge in [0.2, 0.25) is 6.10 Å². The normalized spacial score (nSPS) is 29.1. The molecule has 6 aliphatic carbocycles. The maximum atomic E-state index is 13.7. The van der Waals surface area contributed by atoms with Gasteiger partial charge in [0.05, 0.1) is 35.2 Å². The summed E-state index contributed by atoms with van der Waals surface area (Å²) in [6, 6.07) is 15.9. The summed E-state index contributed by atoms with van der Waals surface area (Å²) in [5, 5.41) is 9.45. The van der Waals surface area contributed by atoms with E-state index >= 15 is 0 Å². The molecule has 1 N–H and O–H groups in total. The van der Waals surface area contributed by atoms with Crippen LogP contribution in [0.4, 0.5) is 0 Å². The zero-order valence-electron chi connectivity index (χ0n) is 50.6. The molecule has 2 saturated heterocycles. The molecule has 12 atom stereocenters. The minimum Gasteiger partial charge on any atom is -0.508 e. The minimum absolute atomic E-state index is 0. The van der Waals surface area contributed by atoms with Crippen LogP contribution in [0.25, 0.3) is 0 Å². The van der Waals surface area contributed by atoms with Crippen molar-refractivity contribution in [3.8, 4) is 11.5 Å². The van der Waals surface area contributed by atoms with Crippen LogP contribution in [0.15, 0.2) is 48.5 Å². The van der Waals surface area contributed by atoms with Crippen molar-refractivity contribution in [2.75, 3.05) is 13.2 Å². The predicted octanol–water partition coefficient (Wildman–Crippen LogP) is 18.3. The molecule has 0 radical (unpaired) electrons. The first kappa shape index (κ1) is 85.1. The van der Waals surface area contributed by atoms with Crippen LogP contribution in [0.5, 0.6) is 11.5 Å². The zero-order chi connectivity index (χ0) is 58.6. The van der Waals surface area contributed by atoms with Gasteiger partial charge in [-0.2, -0.15) is 0 Å². The second kappa shape index (κ2) is 35.0. The number of aromatic hydroxyl groups is 1. The van der Waals surface area contributed by atoms with Crippen LogP contribution in [0.3, 0.4) is 0 Å². The fourth-order valence-electron chi connectivity index (χ4n) is 15.6. The molecule has 10 rings (SSSR count). The molecule has 14 nitrogen and oxygen atoms in total. The van der Waals surface area contributed by atoms with E-state index in [2.05, 4.69) is 39.8 Å². The van der Waals surface area contributed by atoms with E-state index in [1.165, 1.54) is 43.2 Å². The molecule has 14 heteroatoms. The lowest BCUT2D eigenvalue weighted by Crippen LogP contribution is -2.60. The fraction of sp³-hybridized carbons (Fsp3) is 0.757. The number of fused-ring (bicyclic) bond motifs is 2. The molecule has 2 aliphatic heterocycles. The van der Waals surface area contributed by atoms with Crippen molar-refractivity contribution in [1.29, 1.82) is 0 Å². The second-order valence-corrected chi connectivity index (χ2v) is 26.9. The molecule has 2 heterocycles. The summed E-state index contributed by atoms with van der Waals surface area (Å²) >= 11 is 0. The molecule has 0 amide bonds. The Balaban J connectivity index is 0. The van der Waals surface area contributed by atoms with Gasteiger partial charge in [-0.25, -0.2) is 4.79 Å². The Kier molecular flexibility index (Phi) is 33.8. The number of carbonyl (C=O) groups is 6. The van der Waals surface area contributed by atoms with Crippen LogP contribution in [0.2, 0.25) is 0 Å². The average Bonchev–Trinajstić information content (AvgIpc) is 3.63. The Morgan fingerprint density at radius 1 is 0.705 bits per heavy atom. The van der Waals surface area contributed by atoms with Gasteiger partial charge in [0, 0.05) is 13.0 Å². The van der Waals surface area contributed by atoms with Crippen LogP contribution in [-0.2, 0) is 57.2 Å². The van der Waals surface area contributed by atoms with E-state index in [9.17, 15) is 33.9 Å². The van der Waals surface area contributed by atoms with Crippen molar-refractivity contribution in [1.82, 2.24) is 0 Å². The van der Waals surface area contributed by atoms with E-state index in [1.54, 1.807) is 32.9 Å². The fourth-order valence-corrected chi connectivity index (χ4v) is 15.6. The van der Waals surface area contributed by atoms with E-state index in [1.807, 2.05) is 72.7 Å². The number of phenols is 1. The molecular weight excluding hydrogens is 1110 g/mol. The van der Waals surface area contributed by atoms with Crippen molar-refractivity contribution in [2.45, 2.75) is 275 Å². The van der Waals surface area contributed by atoms with Crippen molar-refractivity contribution in [3.63, 3.8) is 0 Å². The monoisotopic (exact) mass is 1240 g/mol. The van der Waals surface area contributed by atoms with Gasteiger partial charge >= 0.3 is 35.8 Å². The molecular formula is C74H128O14. The molecule has 2 aromatic carbocycles. The summed E-state index contributed by atoms with van der Waals surface area (Å²) in [4.78, 5) is 74.8. The molecule has 2 aromatic rings. The van der Waals surface area contributed by atoms with Crippen molar-refractivity contribution in [3.05, 3.63) is 59.7 Å². The molecule has 0 spiro atoms. The molecule has 8 aliphatic rings. The van der Waals surface area contributed by atoms with Gasteiger partial charge in [-0.05, 0) is 227 Å². The SMILES string of the molecule is C.C.C.C.C.C.C.C.CC1C(=O)OC(=O)C1C1C(C)C2CC(C(=O)OC(C)(C)C)C1C2.CCC(C)(CC(C)(C)C(=O)OC1CCOC1=O)C(=O)OC1(CC)C2CC3CC(C2)CC1C3.CCOC(C)Oc1ccc(C(CC)CC(C)c2ccc(O)cc2)cc1. The molecule has 88 heavy (non-hydrogen) atoms. The highest BCUT2D eigenvalue weighted by molar-refractivity contribution is 5.96. The third kappa shape index (κ3) is 19.3. The van der Waals surface area contributed by atoms with E-state index in [0.29, 0.717) is 67.1 Å². The number of rotatable bonds is 19. The number of hydrogen-bond donors (Lipinski definition) is 1. The van der Waals surface area contributed by atoms with Gasteiger partial charge in [0.25, 0.3) is 0 Å². The molecule has 0 aromatic heterocycles. The van der Waals surface area contributed by atoms with E-state index in [0.717, 1.165) is 49.7 Å². The third-order valence-corrected chi connectivity index (χ3v) is 19.8. The first-order valence-corrected chi connectivity index (χ1v) is 30.4. The number of phenolic OH excluding ortho intramolecular Hbond substituents is 1. The van der Waals surface area contributed by atoms with Gasteiger partial charge in [-0.15, -0.1) is 0 Å². The third-order valence-electron chi connectivity index (χ3n) is 19.8. The highest BCUT2D eigenvalue weighted by Gasteiger charge is 2.62. The minimum atomic E-state index is -0.921. The van der Waals surface area contributed by atoms with Gasteiger partial charge in [-0.1, -0.05) is 125 Å². The zero-order valence-corrected chi connectivity index (χ0v) is 50.6. The lowest BCUT2D eigenvalue weighted by molar-refractivity contribution is -0.220. The maximum Gasteiger partial charge on any atom is 0.347 e. The Bertz CT molecular complexity index is 2450.